The second kappa shape index (κ2) is 9.06. The molecule has 4 rings (SSSR count). The van der Waals surface area contributed by atoms with Crippen LogP contribution in [0.2, 0.25) is 0 Å². The number of halogens is 3. The predicted octanol–water partition coefficient (Wildman–Crippen LogP) is 5.51. The van der Waals surface area contributed by atoms with Gasteiger partial charge in [0.25, 0.3) is 0 Å². The summed E-state index contributed by atoms with van der Waals surface area (Å²) >= 11 is 0. The molecule has 0 aromatic carbocycles. The zero-order valence-electron chi connectivity index (χ0n) is 19.9. The van der Waals surface area contributed by atoms with Crippen molar-refractivity contribution in [2.75, 3.05) is 13.2 Å². The van der Waals surface area contributed by atoms with Crippen LogP contribution in [0.5, 0.6) is 0 Å². The molecule has 3 heterocycles. The summed E-state index contributed by atoms with van der Waals surface area (Å²) in [5.74, 6) is -0.0641. The van der Waals surface area contributed by atoms with Gasteiger partial charge in [0.15, 0.2) is 0 Å². The van der Waals surface area contributed by atoms with E-state index in [1.165, 1.54) is 6.07 Å². The Balaban J connectivity index is 1.95. The molecule has 2 aromatic rings. The lowest BCUT2D eigenvalue weighted by atomic mass is 9.71. The number of ether oxygens (including phenoxy) is 1. The van der Waals surface area contributed by atoms with Crippen molar-refractivity contribution in [1.82, 2.24) is 9.97 Å². The third-order valence-electron chi connectivity index (χ3n) is 6.60. The molecule has 0 amide bonds. The van der Waals surface area contributed by atoms with E-state index in [4.69, 9.17) is 9.72 Å². The number of aromatic nitrogens is 2. The highest BCUT2D eigenvalue weighted by molar-refractivity contribution is 5.74. The molecule has 1 unspecified atom stereocenters. The van der Waals surface area contributed by atoms with Gasteiger partial charge in [0.05, 0.1) is 36.3 Å². The fraction of sp³-hybridized carbons (Fsp3) is 0.538. The van der Waals surface area contributed by atoms with Crippen LogP contribution in [0.15, 0.2) is 24.4 Å². The van der Waals surface area contributed by atoms with Gasteiger partial charge in [-0.1, -0.05) is 33.8 Å². The van der Waals surface area contributed by atoms with E-state index in [0.29, 0.717) is 49.3 Å². The summed E-state index contributed by atoms with van der Waals surface area (Å²) < 4.78 is 44.7. The molecule has 0 fully saturated rings. The van der Waals surface area contributed by atoms with Gasteiger partial charge in [0, 0.05) is 23.0 Å². The van der Waals surface area contributed by atoms with Crippen molar-refractivity contribution in [3.05, 3.63) is 63.7 Å². The summed E-state index contributed by atoms with van der Waals surface area (Å²) in [4.78, 5) is 8.89. The van der Waals surface area contributed by atoms with Crippen molar-refractivity contribution in [3.63, 3.8) is 0 Å². The van der Waals surface area contributed by atoms with E-state index in [1.807, 2.05) is 19.9 Å². The van der Waals surface area contributed by atoms with E-state index in [-0.39, 0.29) is 17.0 Å². The first-order valence-corrected chi connectivity index (χ1v) is 11.6. The van der Waals surface area contributed by atoms with Crippen molar-refractivity contribution in [2.24, 2.45) is 5.41 Å². The smallest absolute Gasteiger partial charge is 0.388 e. The van der Waals surface area contributed by atoms with Gasteiger partial charge in [0.2, 0.25) is 0 Å². The molecular formula is C26H31F3N2O3. The topological polar surface area (TPSA) is 75.5 Å². The summed E-state index contributed by atoms with van der Waals surface area (Å²) in [7, 11) is 0. The number of alkyl halides is 3. The van der Waals surface area contributed by atoms with Gasteiger partial charge in [-0.3, -0.25) is 9.97 Å². The van der Waals surface area contributed by atoms with Crippen LogP contribution in [0.4, 0.5) is 13.2 Å². The van der Waals surface area contributed by atoms with E-state index in [2.05, 4.69) is 18.8 Å². The number of hydrogen-bond acceptors (Lipinski definition) is 5. The molecule has 0 spiro atoms. The number of hydrogen-bond donors (Lipinski definition) is 2. The summed E-state index contributed by atoms with van der Waals surface area (Å²) in [5, 5.41) is 22.7. The quantitative estimate of drug-likeness (QED) is 0.609. The average Bonchev–Trinajstić information content (AvgIpc) is 2.76. The number of pyridine rings is 2. The van der Waals surface area contributed by atoms with Crippen LogP contribution in [0, 0.1) is 5.41 Å². The lowest BCUT2D eigenvalue weighted by molar-refractivity contribution is -0.137. The first-order valence-electron chi connectivity index (χ1n) is 11.6. The van der Waals surface area contributed by atoms with E-state index in [0.717, 1.165) is 29.1 Å². The molecule has 2 atom stereocenters. The van der Waals surface area contributed by atoms with Gasteiger partial charge in [-0.25, -0.2) is 0 Å². The second-order valence-corrected chi connectivity index (χ2v) is 10.3. The standard InChI is InChI=1S/C26H31F3N2O3/c1-14(2)23-22(24(33)17-6-5-16(13-30-17)26(27,28)29)20(15-7-9-34-10-8-15)21-18(31-23)11-25(3,4)12-19(21)32/h5-7,13-14,19,24,32-33H,8-12H2,1-4H3/t19?,24-/m1/s1. The number of aliphatic hydroxyl groups excluding tert-OH is 2. The SMILES string of the molecule is CC(C)c1nc2c(c(C3=CCOCC3)c1[C@H](O)c1ccc(C(F)(F)F)cn1)C(O)CC(C)(C)C2. The van der Waals surface area contributed by atoms with Crippen LogP contribution in [0.3, 0.4) is 0 Å². The molecule has 8 heteroatoms. The van der Waals surface area contributed by atoms with Crippen LogP contribution in [-0.4, -0.2) is 33.4 Å². The Kier molecular flexibility index (Phi) is 6.61. The monoisotopic (exact) mass is 476 g/mol. The number of aliphatic hydroxyl groups is 2. The Hall–Kier alpha value is -2.29. The summed E-state index contributed by atoms with van der Waals surface area (Å²) in [6.07, 6.45) is -2.04. The zero-order chi connectivity index (χ0) is 24.8. The highest BCUT2D eigenvalue weighted by Gasteiger charge is 2.38. The van der Waals surface area contributed by atoms with Crippen molar-refractivity contribution < 1.29 is 28.1 Å². The minimum absolute atomic E-state index is 0.0641. The molecule has 2 aliphatic rings. The Morgan fingerprint density at radius 1 is 1.21 bits per heavy atom. The molecule has 2 N–H and O–H groups in total. The highest BCUT2D eigenvalue weighted by Crippen LogP contribution is 2.47. The van der Waals surface area contributed by atoms with Crippen LogP contribution in [-0.2, 0) is 17.3 Å². The molecule has 184 valence electrons. The molecule has 0 saturated heterocycles. The Morgan fingerprint density at radius 2 is 1.94 bits per heavy atom. The van der Waals surface area contributed by atoms with Gasteiger partial charge in [0.1, 0.15) is 6.10 Å². The number of fused-ring (bicyclic) bond motifs is 1. The van der Waals surface area contributed by atoms with Gasteiger partial charge >= 0.3 is 6.18 Å². The Labute approximate surface area is 197 Å². The summed E-state index contributed by atoms with van der Waals surface area (Å²) in [5.41, 5.74) is 3.49. The minimum atomic E-state index is -4.51. The van der Waals surface area contributed by atoms with Gasteiger partial charge < -0.3 is 14.9 Å². The predicted molar refractivity (Wildman–Crippen MR) is 122 cm³/mol. The lowest BCUT2D eigenvalue weighted by Gasteiger charge is -2.38. The van der Waals surface area contributed by atoms with Crippen LogP contribution >= 0.6 is 0 Å². The molecular weight excluding hydrogens is 445 g/mol. The van der Waals surface area contributed by atoms with Crippen molar-refractivity contribution in [1.29, 1.82) is 0 Å². The van der Waals surface area contributed by atoms with Crippen molar-refractivity contribution in [3.8, 4) is 0 Å². The van der Waals surface area contributed by atoms with E-state index in [9.17, 15) is 23.4 Å². The zero-order valence-corrected chi connectivity index (χ0v) is 19.9. The Bertz CT molecular complexity index is 1090. The summed E-state index contributed by atoms with van der Waals surface area (Å²) in [6.45, 7) is 9.06. The normalized spacial score (nSPS) is 21.2. The molecule has 2 aromatic heterocycles. The lowest BCUT2D eigenvalue weighted by Crippen LogP contribution is -2.30. The number of rotatable bonds is 4. The molecule has 1 aliphatic heterocycles. The second-order valence-electron chi connectivity index (χ2n) is 10.3. The van der Waals surface area contributed by atoms with E-state index in [1.54, 1.807) is 0 Å². The maximum absolute atomic E-state index is 13.1. The minimum Gasteiger partial charge on any atom is -0.388 e. The van der Waals surface area contributed by atoms with E-state index < -0.39 is 23.9 Å². The number of nitrogens with zero attached hydrogens (tertiary/aromatic N) is 2. The molecule has 0 bridgehead atoms. The maximum Gasteiger partial charge on any atom is 0.417 e. The third kappa shape index (κ3) is 4.76. The van der Waals surface area contributed by atoms with Gasteiger partial charge in [-0.2, -0.15) is 13.2 Å². The molecule has 5 nitrogen and oxygen atoms in total. The highest BCUT2D eigenvalue weighted by atomic mass is 19.4. The maximum atomic E-state index is 13.1. The van der Waals surface area contributed by atoms with Crippen molar-refractivity contribution >= 4 is 5.57 Å². The molecule has 0 radical (unpaired) electrons. The molecule has 0 saturated carbocycles. The molecule has 1 aliphatic carbocycles. The van der Waals surface area contributed by atoms with Crippen molar-refractivity contribution in [2.45, 2.75) is 71.3 Å². The first kappa shape index (κ1) is 24.8. The first-order chi connectivity index (χ1) is 15.9. The largest absolute Gasteiger partial charge is 0.417 e. The molecule has 34 heavy (non-hydrogen) atoms. The van der Waals surface area contributed by atoms with Gasteiger partial charge in [-0.15, -0.1) is 0 Å². The van der Waals surface area contributed by atoms with Crippen LogP contribution in [0.25, 0.3) is 5.57 Å². The van der Waals surface area contributed by atoms with Gasteiger partial charge in [-0.05, 0) is 53.9 Å². The summed E-state index contributed by atoms with van der Waals surface area (Å²) in [6, 6.07) is 2.13. The van der Waals surface area contributed by atoms with Crippen LogP contribution < -0.4 is 0 Å². The average molecular weight is 477 g/mol. The fourth-order valence-electron chi connectivity index (χ4n) is 5.03. The van der Waals surface area contributed by atoms with E-state index >= 15 is 0 Å². The third-order valence-corrected chi connectivity index (χ3v) is 6.60. The Morgan fingerprint density at radius 3 is 2.50 bits per heavy atom. The van der Waals surface area contributed by atoms with Crippen LogP contribution in [0.1, 0.15) is 98.0 Å². The fourth-order valence-corrected chi connectivity index (χ4v) is 5.03.